The predicted molar refractivity (Wildman–Crippen MR) is 81.0 cm³/mol. The summed E-state index contributed by atoms with van der Waals surface area (Å²) < 4.78 is 41.5. The summed E-state index contributed by atoms with van der Waals surface area (Å²) in [7, 11) is 1.63. The molecule has 1 atom stereocenters. The normalized spacial score (nSPS) is 12.5. The Bertz CT molecular complexity index is 643. The van der Waals surface area contributed by atoms with Crippen molar-refractivity contribution in [3.63, 3.8) is 0 Å². The van der Waals surface area contributed by atoms with E-state index < -0.39 is 23.5 Å². The van der Waals surface area contributed by atoms with Gasteiger partial charge >= 0.3 is 0 Å². The number of likely N-dealkylation sites (N-methyl/N-ethyl adjacent to an activating group) is 1. The van der Waals surface area contributed by atoms with E-state index in [1.165, 1.54) is 12.1 Å². The summed E-state index contributed by atoms with van der Waals surface area (Å²) in [6, 6.07) is 5.94. The van der Waals surface area contributed by atoms with Crippen LogP contribution < -0.4 is 5.32 Å². The molecule has 0 bridgehead atoms. The molecule has 0 saturated carbocycles. The molecule has 2 aromatic carbocycles. The zero-order valence-electron chi connectivity index (χ0n) is 11.1. The average molecular weight is 379 g/mol. The van der Waals surface area contributed by atoms with E-state index in [4.69, 9.17) is 11.6 Å². The van der Waals surface area contributed by atoms with Gasteiger partial charge in [0.1, 0.15) is 17.5 Å². The Balaban J connectivity index is 2.34. The topological polar surface area (TPSA) is 12.0 Å². The SMILES string of the molecule is CNC(Cc1cc(F)cc(Br)c1)c1cc(F)c(Cl)cc1F. The summed E-state index contributed by atoms with van der Waals surface area (Å²) in [5, 5.41) is 2.64. The van der Waals surface area contributed by atoms with Crippen molar-refractivity contribution in [3.8, 4) is 0 Å². The quantitative estimate of drug-likeness (QED) is 0.736. The molecular formula is C15H12BrClF3N. The van der Waals surface area contributed by atoms with Gasteiger partial charge < -0.3 is 5.32 Å². The minimum absolute atomic E-state index is 0.153. The third-order valence-corrected chi connectivity index (χ3v) is 3.87. The Morgan fingerprint density at radius 2 is 1.81 bits per heavy atom. The first-order valence-electron chi connectivity index (χ1n) is 6.17. The van der Waals surface area contributed by atoms with Crippen LogP contribution >= 0.6 is 27.5 Å². The molecule has 0 aliphatic heterocycles. The molecule has 1 unspecified atom stereocenters. The lowest BCUT2D eigenvalue weighted by atomic mass is 9.98. The molecule has 0 heterocycles. The highest BCUT2D eigenvalue weighted by molar-refractivity contribution is 9.10. The first-order valence-corrected chi connectivity index (χ1v) is 7.34. The van der Waals surface area contributed by atoms with E-state index in [1.807, 2.05) is 0 Å². The van der Waals surface area contributed by atoms with Crippen LogP contribution in [0.5, 0.6) is 0 Å². The highest BCUT2D eigenvalue weighted by atomic mass is 79.9. The molecule has 2 rings (SSSR count). The van der Waals surface area contributed by atoms with Crippen molar-refractivity contribution in [2.24, 2.45) is 0 Å². The van der Waals surface area contributed by atoms with Crippen molar-refractivity contribution < 1.29 is 13.2 Å². The summed E-state index contributed by atoms with van der Waals surface area (Å²) in [5.74, 6) is -1.68. The van der Waals surface area contributed by atoms with Crippen LogP contribution in [-0.4, -0.2) is 7.05 Å². The Labute approximate surface area is 134 Å². The van der Waals surface area contributed by atoms with E-state index in [9.17, 15) is 13.2 Å². The van der Waals surface area contributed by atoms with Crippen molar-refractivity contribution in [1.29, 1.82) is 0 Å². The Kier molecular flexibility index (Phi) is 5.30. The zero-order chi connectivity index (χ0) is 15.6. The van der Waals surface area contributed by atoms with Crippen molar-refractivity contribution in [3.05, 3.63) is 68.4 Å². The molecule has 21 heavy (non-hydrogen) atoms. The fourth-order valence-corrected chi connectivity index (χ4v) is 2.80. The minimum atomic E-state index is -0.686. The van der Waals surface area contributed by atoms with Gasteiger partial charge in [0.2, 0.25) is 0 Å². The molecule has 0 aliphatic carbocycles. The molecule has 1 nitrogen and oxygen atoms in total. The van der Waals surface area contributed by atoms with Crippen LogP contribution in [0.2, 0.25) is 5.02 Å². The minimum Gasteiger partial charge on any atom is -0.313 e. The van der Waals surface area contributed by atoms with Gasteiger partial charge in [-0.15, -0.1) is 0 Å². The largest absolute Gasteiger partial charge is 0.313 e. The van der Waals surface area contributed by atoms with Gasteiger partial charge in [0.25, 0.3) is 0 Å². The van der Waals surface area contributed by atoms with Gasteiger partial charge in [-0.2, -0.15) is 0 Å². The average Bonchev–Trinajstić information content (AvgIpc) is 2.39. The molecule has 0 fully saturated rings. The standard InChI is InChI=1S/C15H12BrClF3N/c1-21-15(4-8-2-9(16)5-10(18)3-8)11-6-14(20)12(17)7-13(11)19/h2-3,5-7,15,21H,4H2,1H3. The van der Waals surface area contributed by atoms with Gasteiger partial charge in [-0.05, 0) is 49.4 Å². The smallest absolute Gasteiger partial charge is 0.142 e. The lowest BCUT2D eigenvalue weighted by Gasteiger charge is -2.18. The summed E-state index contributed by atoms with van der Waals surface area (Å²) in [5.41, 5.74) is 0.816. The highest BCUT2D eigenvalue weighted by Crippen LogP contribution is 2.27. The van der Waals surface area contributed by atoms with Gasteiger partial charge in [-0.25, -0.2) is 13.2 Å². The van der Waals surface area contributed by atoms with Crippen molar-refractivity contribution in [1.82, 2.24) is 5.32 Å². The second kappa shape index (κ2) is 6.81. The molecule has 0 radical (unpaired) electrons. The van der Waals surface area contributed by atoms with Crippen molar-refractivity contribution in [2.75, 3.05) is 7.05 Å². The van der Waals surface area contributed by atoms with E-state index in [1.54, 1.807) is 13.1 Å². The van der Waals surface area contributed by atoms with Crippen LogP contribution in [0.1, 0.15) is 17.2 Å². The third kappa shape index (κ3) is 3.99. The van der Waals surface area contributed by atoms with Crippen LogP contribution in [0, 0.1) is 17.5 Å². The number of rotatable bonds is 4. The number of hydrogen-bond acceptors (Lipinski definition) is 1. The van der Waals surface area contributed by atoms with E-state index >= 15 is 0 Å². The van der Waals surface area contributed by atoms with Crippen LogP contribution in [-0.2, 0) is 6.42 Å². The Hall–Kier alpha value is -1.04. The zero-order valence-corrected chi connectivity index (χ0v) is 13.4. The van der Waals surface area contributed by atoms with Gasteiger partial charge in [-0.3, -0.25) is 0 Å². The van der Waals surface area contributed by atoms with Crippen LogP contribution in [0.15, 0.2) is 34.8 Å². The second-order valence-electron chi connectivity index (χ2n) is 4.61. The van der Waals surface area contributed by atoms with E-state index in [2.05, 4.69) is 21.2 Å². The van der Waals surface area contributed by atoms with Crippen LogP contribution in [0.25, 0.3) is 0 Å². The van der Waals surface area contributed by atoms with E-state index in [0.29, 0.717) is 16.5 Å². The van der Waals surface area contributed by atoms with Gasteiger partial charge in [0.05, 0.1) is 5.02 Å². The maximum Gasteiger partial charge on any atom is 0.142 e. The maximum absolute atomic E-state index is 14.0. The molecule has 1 N–H and O–H groups in total. The highest BCUT2D eigenvalue weighted by Gasteiger charge is 2.18. The van der Waals surface area contributed by atoms with E-state index in [0.717, 1.165) is 12.1 Å². The first-order chi connectivity index (χ1) is 9.90. The fourth-order valence-electron chi connectivity index (χ4n) is 2.14. The molecule has 0 aliphatic rings. The number of benzene rings is 2. The molecule has 6 heteroatoms. The molecule has 0 aromatic heterocycles. The van der Waals surface area contributed by atoms with E-state index in [-0.39, 0.29) is 10.6 Å². The number of hydrogen-bond donors (Lipinski definition) is 1. The fraction of sp³-hybridized carbons (Fsp3) is 0.200. The van der Waals surface area contributed by atoms with Crippen molar-refractivity contribution in [2.45, 2.75) is 12.5 Å². The molecule has 0 saturated heterocycles. The summed E-state index contributed by atoms with van der Waals surface area (Å²) in [6.07, 6.45) is 0.310. The Morgan fingerprint density at radius 1 is 1.10 bits per heavy atom. The third-order valence-electron chi connectivity index (χ3n) is 3.13. The predicted octanol–water partition coefficient (Wildman–Crippen LogP) is 5.02. The van der Waals surface area contributed by atoms with Crippen molar-refractivity contribution >= 4 is 27.5 Å². The van der Waals surface area contributed by atoms with Gasteiger partial charge in [0.15, 0.2) is 0 Å². The first kappa shape index (κ1) is 16.3. The lowest BCUT2D eigenvalue weighted by molar-refractivity contribution is 0.521. The molecule has 0 spiro atoms. The van der Waals surface area contributed by atoms with Crippen LogP contribution in [0.3, 0.4) is 0 Å². The number of nitrogens with one attached hydrogen (secondary N) is 1. The molecule has 0 amide bonds. The summed E-state index contributed by atoms with van der Waals surface area (Å²) >= 11 is 8.75. The molecular weight excluding hydrogens is 367 g/mol. The number of halogens is 5. The molecule has 2 aromatic rings. The molecule has 112 valence electrons. The lowest BCUT2D eigenvalue weighted by Crippen LogP contribution is -2.20. The maximum atomic E-state index is 14.0. The summed E-state index contributed by atoms with van der Waals surface area (Å²) in [6.45, 7) is 0. The second-order valence-corrected chi connectivity index (χ2v) is 5.93. The van der Waals surface area contributed by atoms with Crippen LogP contribution in [0.4, 0.5) is 13.2 Å². The van der Waals surface area contributed by atoms with Gasteiger partial charge in [-0.1, -0.05) is 27.5 Å². The summed E-state index contributed by atoms with van der Waals surface area (Å²) in [4.78, 5) is 0. The van der Waals surface area contributed by atoms with Gasteiger partial charge in [0, 0.05) is 16.1 Å². The Morgan fingerprint density at radius 3 is 2.43 bits per heavy atom. The monoisotopic (exact) mass is 377 g/mol.